The number of alkyl carbamates (subject to hydrolysis) is 1. The van der Waals surface area contributed by atoms with E-state index in [0.717, 1.165) is 18.7 Å². The first kappa shape index (κ1) is 18.3. The summed E-state index contributed by atoms with van der Waals surface area (Å²) in [4.78, 5) is 11.5. The van der Waals surface area contributed by atoms with E-state index in [0.29, 0.717) is 6.54 Å². The summed E-state index contributed by atoms with van der Waals surface area (Å²) in [7, 11) is 1.66. The Morgan fingerprint density at radius 2 is 1.82 bits per heavy atom. The van der Waals surface area contributed by atoms with E-state index >= 15 is 0 Å². The minimum atomic E-state index is -0.453. The summed E-state index contributed by atoms with van der Waals surface area (Å²) in [5.74, 6) is 0.859. The van der Waals surface area contributed by atoms with Crippen LogP contribution in [0.5, 0.6) is 5.75 Å². The maximum absolute atomic E-state index is 11.5. The lowest BCUT2D eigenvalue weighted by Gasteiger charge is -2.20. The third kappa shape index (κ3) is 7.31. The molecule has 0 aliphatic rings. The Kier molecular flexibility index (Phi) is 7.18. The highest BCUT2D eigenvalue weighted by Crippen LogP contribution is 2.17. The van der Waals surface area contributed by atoms with Crippen LogP contribution >= 0.6 is 0 Å². The molecular formula is C17H28N2O3. The van der Waals surface area contributed by atoms with Gasteiger partial charge in [0.25, 0.3) is 0 Å². The largest absolute Gasteiger partial charge is 0.497 e. The molecule has 0 radical (unpaired) electrons. The second kappa shape index (κ2) is 8.63. The summed E-state index contributed by atoms with van der Waals surface area (Å²) in [6, 6.07) is 8.27. The zero-order valence-corrected chi connectivity index (χ0v) is 14.2. The normalized spacial score (nSPS) is 12.6. The molecule has 5 nitrogen and oxygen atoms in total. The van der Waals surface area contributed by atoms with Crippen molar-refractivity contribution in [3.05, 3.63) is 29.8 Å². The van der Waals surface area contributed by atoms with Crippen LogP contribution in [0.15, 0.2) is 24.3 Å². The fraction of sp³-hybridized carbons (Fsp3) is 0.588. The lowest BCUT2D eigenvalue weighted by atomic mass is 10.1. The molecular weight excluding hydrogens is 280 g/mol. The Morgan fingerprint density at radius 1 is 1.18 bits per heavy atom. The number of carbonyl (C=O) groups is 1. The van der Waals surface area contributed by atoms with E-state index in [1.165, 1.54) is 5.56 Å². The molecule has 0 aliphatic heterocycles. The molecule has 124 valence electrons. The quantitative estimate of drug-likeness (QED) is 0.759. The standard InChI is InChI=1S/C17H28N2O3/c1-13(14-7-9-15(21-5)10-8-14)18-11-6-12-19-16(20)22-17(2,3)4/h7-10,13,18H,6,11-12H2,1-5H3,(H,19,20). The summed E-state index contributed by atoms with van der Waals surface area (Å²) < 4.78 is 10.3. The lowest BCUT2D eigenvalue weighted by Crippen LogP contribution is -2.34. The van der Waals surface area contributed by atoms with Gasteiger partial charge in [-0.05, 0) is 58.4 Å². The summed E-state index contributed by atoms with van der Waals surface area (Å²) in [5, 5.41) is 6.18. The van der Waals surface area contributed by atoms with Crippen molar-refractivity contribution < 1.29 is 14.3 Å². The van der Waals surface area contributed by atoms with E-state index < -0.39 is 5.60 Å². The third-order valence-electron chi connectivity index (χ3n) is 3.09. The SMILES string of the molecule is COc1ccc(C(C)NCCCNC(=O)OC(C)(C)C)cc1. The topological polar surface area (TPSA) is 59.6 Å². The molecule has 1 aromatic carbocycles. The summed E-state index contributed by atoms with van der Waals surface area (Å²) in [6.45, 7) is 9.09. The van der Waals surface area contributed by atoms with Crippen LogP contribution in [-0.4, -0.2) is 31.9 Å². The van der Waals surface area contributed by atoms with Crippen LogP contribution in [0.1, 0.15) is 45.7 Å². The van der Waals surface area contributed by atoms with Gasteiger partial charge in [0.15, 0.2) is 0 Å². The van der Waals surface area contributed by atoms with E-state index in [1.54, 1.807) is 7.11 Å². The van der Waals surface area contributed by atoms with Gasteiger partial charge in [-0.3, -0.25) is 0 Å². The molecule has 1 amide bonds. The number of amides is 1. The number of hydrogen-bond donors (Lipinski definition) is 2. The molecule has 1 aromatic rings. The van der Waals surface area contributed by atoms with Crippen LogP contribution in [0, 0.1) is 0 Å². The van der Waals surface area contributed by atoms with Gasteiger partial charge >= 0.3 is 6.09 Å². The fourth-order valence-corrected chi connectivity index (χ4v) is 1.92. The predicted octanol–water partition coefficient (Wildman–Crippen LogP) is 3.26. The Balaban J connectivity index is 2.19. The Bertz CT molecular complexity index is 452. The van der Waals surface area contributed by atoms with Crippen LogP contribution in [0.4, 0.5) is 4.79 Å². The van der Waals surface area contributed by atoms with Gasteiger partial charge in [0.2, 0.25) is 0 Å². The number of benzene rings is 1. The first-order valence-electron chi connectivity index (χ1n) is 7.66. The van der Waals surface area contributed by atoms with Crippen molar-refractivity contribution in [3.63, 3.8) is 0 Å². The second-order valence-electron chi connectivity index (χ2n) is 6.23. The number of carbonyl (C=O) groups excluding carboxylic acids is 1. The Morgan fingerprint density at radius 3 is 2.36 bits per heavy atom. The average molecular weight is 308 g/mol. The van der Waals surface area contributed by atoms with Crippen LogP contribution in [-0.2, 0) is 4.74 Å². The zero-order chi connectivity index (χ0) is 16.6. The van der Waals surface area contributed by atoms with Crippen molar-refractivity contribution in [2.45, 2.75) is 45.8 Å². The monoisotopic (exact) mass is 308 g/mol. The molecule has 0 aromatic heterocycles. The first-order valence-corrected chi connectivity index (χ1v) is 7.66. The molecule has 1 atom stereocenters. The Hall–Kier alpha value is -1.75. The number of methoxy groups -OCH3 is 1. The minimum Gasteiger partial charge on any atom is -0.497 e. The van der Waals surface area contributed by atoms with Gasteiger partial charge < -0.3 is 20.1 Å². The van der Waals surface area contributed by atoms with Crippen LogP contribution in [0.2, 0.25) is 0 Å². The summed E-state index contributed by atoms with van der Waals surface area (Å²) in [5.41, 5.74) is 0.756. The van der Waals surface area contributed by atoms with Crippen molar-refractivity contribution in [3.8, 4) is 5.75 Å². The van der Waals surface area contributed by atoms with Crippen LogP contribution in [0.3, 0.4) is 0 Å². The predicted molar refractivity (Wildman–Crippen MR) is 88.3 cm³/mol. The molecule has 0 saturated heterocycles. The van der Waals surface area contributed by atoms with E-state index in [2.05, 4.69) is 29.7 Å². The molecule has 0 fully saturated rings. The molecule has 5 heteroatoms. The van der Waals surface area contributed by atoms with Gasteiger partial charge in [0, 0.05) is 12.6 Å². The Labute approximate surface area is 133 Å². The second-order valence-corrected chi connectivity index (χ2v) is 6.23. The highest BCUT2D eigenvalue weighted by atomic mass is 16.6. The lowest BCUT2D eigenvalue weighted by molar-refractivity contribution is 0.0527. The van der Waals surface area contributed by atoms with Crippen molar-refractivity contribution in [1.82, 2.24) is 10.6 Å². The van der Waals surface area contributed by atoms with Crippen LogP contribution < -0.4 is 15.4 Å². The average Bonchev–Trinajstić information content (AvgIpc) is 2.45. The minimum absolute atomic E-state index is 0.257. The molecule has 0 aliphatic carbocycles. The first-order chi connectivity index (χ1) is 10.3. The summed E-state index contributed by atoms with van der Waals surface area (Å²) in [6.07, 6.45) is 0.482. The van der Waals surface area contributed by atoms with Gasteiger partial charge in [-0.25, -0.2) is 4.79 Å². The molecule has 0 heterocycles. The van der Waals surface area contributed by atoms with Crippen molar-refractivity contribution in [2.75, 3.05) is 20.2 Å². The van der Waals surface area contributed by atoms with Gasteiger partial charge in [-0.15, -0.1) is 0 Å². The number of ether oxygens (including phenoxy) is 2. The van der Waals surface area contributed by atoms with E-state index in [1.807, 2.05) is 32.9 Å². The van der Waals surface area contributed by atoms with Gasteiger partial charge in [0.05, 0.1) is 7.11 Å². The van der Waals surface area contributed by atoms with Gasteiger partial charge in [-0.1, -0.05) is 12.1 Å². The van der Waals surface area contributed by atoms with Gasteiger partial charge in [-0.2, -0.15) is 0 Å². The zero-order valence-electron chi connectivity index (χ0n) is 14.2. The smallest absolute Gasteiger partial charge is 0.407 e. The summed E-state index contributed by atoms with van der Waals surface area (Å²) >= 11 is 0. The highest BCUT2D eigenvalue weighted by Gasteiger charge is 2.15. The number of nitrogens with one attached hydrogen (secondary N) is 2. The van der Waals surface area contributed by atoms with Crippen molar-refractivity contribution >= 4 is 6.09 Å². The molecule has 0 saturated carbocycles. The van der Waals surface area contributed by atoms with Crippen molar-refractivity contribution in [2.24, 2.45) is 0 Å². The number of rotatable bonds is 7. The maximum Gasteiger partial charge on any atom is 0.407 e. The van der Waals surface area contributed by atoms with Gasteiger partial charge in [0.1, 0.15) is 11.4 Å². The molecule has 22 heavy (non-hydrogen) atoms. The van der Waals surface area contributed by atoms with E-state index in [-0.39, 0.29) is 12.1 Å². The molecule has 1 unspecified atom stereocenters. The molecule has 0 bridgehead atoms. The van der Waals surface area contributed by atoms with E-state index in [4.69, 9.17) is 9.47 Å². The fourth-order valence-electron chi connectivity index (χ4n) is 1.92. The maximum atomic E-state index is 11.5. The molecule has 0 spiro atoms. The van der Waals surface area contributed by atoms with Crippen molar-refractivity contribution in [1.29, 1.82) is 0 Å². The van der Waals surface area contributed by atoms with Crippen LogP contribution in [0.25, 0.3) is 0 Å². The number of hydrogen-bond acceptors (Lipinski definition) is 4. The van der Waals surface area contributed by atoms with E-state index in [9.17, 15) is 4.79 Å². The molecule has 1 rings (SSSR count). The highest BCUT2D eigenvalue weighted by molar-refractivity contribution is 5.67. The molecule has 2 N–H and O–H groups in total. The third-order valence-corrected chi connectivity index (χ3v) is 3.09.